The Bertz CT molecular complexity index is 724. The number of phenols is 2. The van der Waals surface area contributed by atoms with Crippen molar-refractivity contribution in [2.75, 3.05) is 5.32 Å². The summed E-state index contributed by atoms with van der Waals surface area (Å²) >= 11 is 0. The average molecular weight is 287 g/mol. The van der Waals surface area contributed by atoms with Gasteiger partial charge in [0.15, 0.2) is 0 Å². The molecule has 0 aliphatic heterocycles. The minimum Gasteiger partial charge on any atom is -0.508 e. The number of amides is 1. The number of carbonyl (C=O) groups is 2. The lowest BCUT2D eigenvalue weighted by atomic mass is 10.1. The van der Waals surface area contributed by atoms with Crippen LogP contribution < -0.4 is 5.32 Å². The van der Waals surface area contributed by atoms with Gasteiger partial charge in [0.2, 0.25) is 0 Å². The lowest BCUT2D eigenvalue weighted by molar-refractivity contribution is 0.0696. The molecular formula is C15H13NO5. The standard InChI is InChI=1S/C15H13NO5/c1-8-10(3-2-4-12(8)17)14(19)16-11-6-5-9(15(20)21)7-13(11)18/h2-7,17-18H,1H3,(H,16,19)(H,20,21). The number of rotatable bonds is 3. The third-order valence-corrected chi connectivity index (χ3v) is 3.04. The van der Waals surface area contributed by atoms with Crippen molar-refractivity contribution in [3.63, 3.8) is 0 Å². The zero-order valence-electron chi connectivity index (χ0n) is 11.1. The normalized spacial score (nSPS) is 10.1. The Kier molecular flexibility index (Phi) is 3.80. The lowest BCUT2D eigenvalue weighted by Crippen LogP contribution is -2.13. The van der Waals surface area contributed by atoms with E-state index >= 15 is 0 Å². The van der Waals surface area contributed by atoms with Crippen molar-refractivity contribution in [2.24, 2.45) is 0 Å². The van der Waals surface area contributed by atoms with Gasteiger partial charge in [-0.1, -0.05) is 6.07 Å². The minimum atomic E-state index is -1.17. The van der Waals surface area contributed by atoms with E-state index in [0.29, 0.717) is 5.56 Å². The largest absolute Gasteiger partial charge is 0.508 e. The number of carboxylic acid groups (broad SMARTS) is 1. The summed E-state index contributed by atoms with van der Waals surface area (Å²) in [6.45, 7) is 1.59. The van der Waals surface area contributed by atoms with Crippen LogP contribution in [-0.4, -0.2) is 27.2 Å². The van der Waals surface area contributed by atoms with E-state index in [1.807, 2.05) is 0 Å². The highest BCUT2D eigenvalue weighted by Crippen LogP contribution is 2.26. The van der Waals surface area contributed by atoms with E-state index in [1.54, 1.807) is 6.92 Å². The predicted molar refractivity (Wildman–Crippen MR) is 75.9 cm³/mol. The van der Waals surface area contributed by atoms with E-state index in [2.05, 4.69) is 5.32 Å². The van der Waals surface area contributed by atoms with Gasteiger partial charge in [0.25, 0.3) is 5.91 Å². The van der Waals surface area contributed by atoms with Crippen molar-refractivity contribution in [1.82, 2.24) is 0 Å². The average Bonchev–Trinajstić information content (AvgIpc) is 2.43. The quantitative estimate of drug-likeness (QED) is 0.648. The maximum atomic E-state index is 12.1. The number of aromatic hydroxyl groups is 2. The Labute approximate surface area is 120 Å². The molecule has 6 nitrogen and oxygen atoms in total. The van der Waals surface area contributed by atoms with Gasteiger partial charge >= 0.3 is 5.97 Å². The Balaban J connectivity index is 2.28. The summed E-state index contributed by atoms with van der Waals surface area (Å²) in [7, 11) is 0. The van der Waals surface area contributed by atoms with Crippen LogP contribution in [0, 0.1) is 6.92 Å². The molecule has 0 aromatic heterocycles. The summed E-state index contributed by atoms with van der Waals surface area (Å²) < 4.78 is 0. The number of phenolic OH excluding ortho intramolecular Hbond substituents is 2. The number of carbonyl (C=O) groups excluding carboxylic acids is 1. The van der Waals surface area contributed by atoms with Crippen LogP contribution in [0.2, 0.25) is 0 Å². The third-order valence-electron chi connectivity index (χ3n) is 3.04. The number of aromatic carboxylic acids is 1. The molecule has 4 N–H and O–H groups in total. The summed E-state index contributed by atoms with van der Waals surface area (Å²) in [5.41, 5.74) is 0.681. The van der Waals surface area contributed by atoms with Gasteiger partial charge in [-0.2, -0.15) is 0 Å². The lowest BCUT2D eigenvalue weighted by Gasteiger charge is -2.10. The molecule has 1 amide bonds. The van der Waals surface area contributed by atoms with Gasteiger partial charge in [-0.3, -0.25) is 4.79 Å². The minimum absolute atomic E-state index is 0.00639. The molecular weight excluding hydrogens is 274 g/mol. The summed E-state index contributed by atoms with van der Waals surface area (Å²) in [4.78, 5) is 22.9. The SMILES string of the molecule is Cc1c(O)cccc1C(=O)Nc1ccc(C(=O)O)cc1O. The topological polar surface area (TPSA) is 107 Å². The van der Waals surface area contributed by atoms with E-state index in [9.17, 15) is 19.8 Å². The van der Waals surface area contributed by atoms with Crippen LogP contribution in [0.5, 0.6) is 11.5 Å². The highest BCUT2D eigenvalue weighted by Gasteiger charge is 2.14. The molecule has 0 heterocycles. The van der Waals surface area contributed by atoms with Gasteiger partial charge in [0.05, 0.1) is 11.3 Å². The van der Waals surface area contributed by atoms with Crippen LogP contribution in [0.15, 0.2) is 36.4 Å². The molecule has 0 saturated carbocycles. The second-order valence-corrected chi connectivity index (χ2v) is 4.44. The Morgan fingerprint density at radius 2 is 1.76 bits per heavy atom. The van der Waals surface area contributed by atoms with Crippen molar-refractivity contribution < 1.29 is 24.9 Å². The molecule has 0 aliphatic carbocycles. The van der Waals surface area contributed by atoms with Crippen LogP contribution in [0.25, 0.3) is 0 Å². The first-order valence-corrected chi connectivity index (χ1v) is 6.06. The number of anilines is 1. The Morgan fingerprint density at radius 3 is 2.38 bits per heavy atom. The number of carboxylic acids is 1. The Morgan fingerprint density at radius 1 is 1.05 bits per heavy atom. The zero-order chi connectivity index (χ0) is 15.6. The molecule has 2 aromatic carbocycles. The van der Waals surface area contributed by atoms with Gasteiger partial charge in [-0.15, -0.1) is 0 Å². The van der Waals surface area contributed by atoms with Crippen molar-refractivity contribution in [1.29, 1.82) is 0 Å². The maximum Gasteiger partial charge on any atom is 0.335 e. The van der Waals surface area contributed by atoms with Crippen LogP contribution in [0.4, 0.5) is 5.69 Å². The molecule has 0 fully saturated rings. The molecule has 21 heavy (non-hydrogen) atoms. The first-order valence-electron chi connectivity index (χ1n) is 6.06. The predicted octanol–water partition coefficient (Wildman–Crippen LogP) is 2.36. The van der Waals surface area contributed by atoms with Gasteiger partial charge in [0.1, 0.15) is 11.5 Å². The van der Waals surface area contributed by atoms with Crippen LogP contribution >= 0.6 is 0 Å². The summed E-state index contributed by atoms with van der Waals surface area (Å²) in [5, 5.41) is 30.6. The summed E-state index contributed by atoms with van der Waals surface area (Å²) in [5.74, 6) is -2.04. The summed E-state index contributed by atoms with van der Waals surface area (Å²) in [6, 6.07) is 8.15. The second kappa shape index (κ2) is 5.54. The van der Waals surface area contributed by atoms with E-state index in [0.717, 1.165) is 6.07 Å². The Hall–Kier alpha value is -3.02. The van der Waals surface area contributed by atoms with E-state index < -0.39 is 11.9 Å². The van der Waals surface area contributed by atoms with Gasteiger partial charge in [-0.05, 0) is 37.3 Å². The fourth-order valence-corrected chi connectivity index (χ4v) is 1.83. The van der Waals surface area contributed by atoms with Gasteiger partial charge in [0, 0.05) is 11.1 Å². The first kappa shape index (κ1) is 14.4. The molecule has 108 valence electrons. The van der Waals surface area contributed by atoms with Crippen LogP contribution in [0.1, 0.15) is 26.3 Å². The molecule has 0 radical (unpaired) electrons. The smallest absolute Gasteiger partial charge is 0.335 e. The van der Waals surface area contributed by atoms with Crippen LogP contribution in [-0.2, 0) is 0 Å². The van der Waals surface area contributed by atoms with Gasteiger partial charge in [-0.25, -0.2) is 4.79 Å². The molecule has 0 bridgehead atoms. The first-order chi connectivity index (χ1) is 9.90. The molecule has 0 unspecified atom stereocenters. The molecule has 2 rings (SSSR count). The van der Waals surface area contributed by atoms with Crippen molar-refractivity contribution in [2.45, 2.75) is 6.92 Å². The molecule has 0 saturated heterocycles. The maximum absolute atomic E-state index is 12.1. The number of nitrogens with one attached hydrogen (secondary N) is 1. The number of hydrogen-bond acceptors (Lipinski definition) is 4. The van der Waals surface area contributed by atoms with Crippen molar-refractivity contribution in [3.8, 4) is 11.5 Å². The van der Waals surface area contributed by atoms with E-state index in [4.69, 9.17) is 5.11 Å². The molecule has 0 spiro atoms. The molecule has 6 heteroatoms. The number of hydrogen-bond donors (Lipinski definition) is 4. The highest BCUT2D eigenvalue weighted by molar-refractivity contribution is 6.06. The fourth-order valence-electron chi connectivity index (χ4n) is 1.83. The van der Waals surface area contributed by atoms with Crippen molar-refractivity contribution >= 4 is 17.6 Å². The monoisotopic (exact) mass is 287 g/mol. The fraction of sp³-hybridized carbons (Fsp3) is 0.0667. The van der Waals surface area contributed by atoms with E-state index in [-0.39, 0.29) is 28.3 Å². The summed E-state index contributed by atoms with van der Waals surface area (Å²) in [6.07, 6.45) is 0. The van der Waals surface area contributed by atoms with E-state index in [1.165, 1.54) is 30.3 Å². The number of benzene rings is 2. The highest BCUT2D eigenvalue weighted by atomic mass is 16.4. The van der Waals surface area contributed by atoms with Crippen molar-refractivity contribution in [3.05, 3.63) is 53.1 Å². The molecule has 0 aliphatic rings. The van der Waals surface area contributed by atoms with Crippen LogP contribution in [0.3, 0.4) is 0 Å². The molecule has 2 aromatic rings. The second-order valence-electron chi connectivity index (χ2n) is 4.44. The molecule has 0 atom stereocenters. The van der Waals surface area contributed by atoms with Gasteiger partial charge < -0.3 is 20.6 Å². The third kappa shape index (κ3) is 2.94. The zero-order valence-corrected chi connectivity index (χ0v) is 11.1.